The molecule has 0 fully saturated rings. The van der Waals surface area contributed by atoms with E-state index in [-0.39, 0.29) is 0 Å². The molecule has 0 atom stereocenters. The van der Waals surface area contributed by atoms with Gasteiger partial charge in [-0.1, -0.05) is 71.3 Å². The van der Waals surface area contributed by atoms with E-state index in [0.29, 0.717) is 0 Å². The van der Waals surface area contributed by atoms with E-state index in [1.807, 2.05) is 7.11 Å². The lowest BCUT2D eigenvalue weighted by molar-refractivity contribution is 0.416. The molecule has 0 aliphatic carbocycles. The summed E-state index contributed by atoms with van der Waals surface area (Å²) in [6.07, 6.45) is 0. The molecule has 0 unspecified atom stereocenters. The van der Waals surface area contributed by atoms with Crippen LogP contribution in [0, 0.1) is 20.8 Å². The summed E-state index contributed by atoms with van der Waals surface area (Å²) in [5.74, 6) is 0. The topological polar surface area (TPSA) is 15.7 Å². The zero-order chi connectivity index (χ0) is 28.3. The van der Waals surface area contributed by atoms with Gasteiger partial charge in [-0.2, -0.15) is 0 Å². The Balaban J connectivity index is 1.63. The Morgan fingerprint density at radius 1 is 0.450 bits per heavy atom. The van der Waals surface area contributed by atoms with Crippen molar-refractivity contribution in [2.24, 2.45) is 0 Å². The molecule has 0 heterocycles. The van der Waals surface area contributed by atoms with E-state index in [2.05, 4.69) is 165 Å². The fraction of sp³-hybridized carbons (Fsp3) is 0.167. The maximum atomic E-state index is 5.87. The van der Waals surface area contributed by atoms with Gasteiger partial charge in [0.05, 0.1) is 0 Å². The van der Waals surface area contributed by atoms with E-state index in [1.54, 1.807) is 0 Å². The predicted octanol–water partition coefficient (Wildman–Crippen LogP) is 9.61. The first-order chi connectivity index (χ1) is 19.2. The second-order valence-corrected chi connectivity index (χ2v) is 15.0. The molecule has 3 nitrogen and oxygen atoms in total. The van der Waals surface area contributed by atoms with E-state index in [9.17, 15) is 0 Å². The summed E-state index contributed by atoms with van der Waals surface area (Å²) >= 11 is 0. The Bertz CT molecular complexity index is 1510. The Morgan fingerprint density at radius 2 is 0.775 bits per heavy atom. The summed E-state index contributed by atoms with van der Waals surface area (Å²) in [5.41, 5.74) is 10.4. The number of nitrogens with zero attached hydrogens (tertiary/aromatic N) is 2. The third-order valence-electron chi connectivity index (χ3n) is 7.55. The molecular formula is C36H38N2OSi. The molecule has 4 heteroatoms. The Hall–Kier alpha value is -4.12. The van der Waals surface area contributed by atoms with Crippen molar-refractivity contribution in [3.05, 3.63) is 138 Å². The molecule has 5 rings (SSSR count). The molecule has 0 radical (unpaired) electrons. The summed E-state index contributed by atoms with van der Waals surface area (Å²) in [4.78, 5) is 4.65. The highest BCUT2D eigenvalue weighted by atomic mass is 28.4. The first kappa shape index (κ1) is 27.4. The van der Waals surface area contributed by atoms with Crippen LogP contribution in [-0.2, 0) is 4.43 Å². The molecule has 5 aromatic carbocycles. The fourth-order valence-corrected chi connectivity index (χ4v) is 6.08. The highest BCUT2D eigenvalue weighted by molar-refractivity contribution is 6.84. The van der Waals surface area contributed by atoms with Gasteiger partial charge >= 0.3 is 0 Å². The van der Waals surface area contributed by atoms with E-state index >= 15 is 0 Å². The quantitative estimate of drug-likeness (QED) is 0.182. The van der Waals surface area contributed by atoms with Crippen LogP contribution < -0.4 is 15.0 Å². The van der Waals surface area contributed by atoms with Gasteiger partial charge in [0.25, 0.3) is 0 Å². The van der Waals surface area contributed by atoms with Gasteiger partial charge in [-0.25, -0.2) is 0 Å². The van der Waals surface area contributed by atoms with Gasteiger partial charge in [0.15, 0.2) is 0 Å². The summed E-state index contributed by atoms with van der Waals surface area (Å²) < 4.78 is 5.87. The Kier molecular flexibility index (Phi) is 7.92. The van der Waals surface area contributed by atoms with E-state index in [4.69, 9.17) is 4.43 Å². The van der Waals surface area contributed by atoms with Gasteiger partial charge in [-0.05, 0) is 106 Å². The first-order valence-corrected chi connectivity index (χ1v) is 16.7. The number of anilines is 6. The van der Waals surface area contributed by atoms with Crippen molar-refractivity contribution in [2.45, 2.75) is 33.9 Å². The number of rotatable bonds is 8. The maximum Gasteiger partial charge on any atom is 0.217 e. The van der Waals surface area contributed by atoms with Crippen LogP contribution in [0.4, 0.5) is 34.1 Å². The number of hydrogen-bond acceptors (Lipinski definition) is 3. The molecule has 5 aromatic rings. The molecule has 202 valence electrons. The standard InChI is InChI=1S/C36H38N2OSi/c1-27-10-16-30(17-11-27)37(31-18-12-28(2)13-19-31)34-8-7-9-35(26-34)38(32-20-14-29(3)15-21-32)33-22-24-36(25-23-33)40(5,6)39-4/h7-26H,1-6H3. The lowest BCUT2D eigenvalue weighted by atomic mass is 10.1. The molecule has 0 saturated carbocycles. The van der Waals surface area contributed by atoms with Gasteiger partial charge in [0.2, 0.25) is 8.32 Å². The zero-order valence-corrected chi connectivity index (χ0v) is 25.3. The lowest BCUT2D eigenvalue weighted by Gasteiger charge is -2.30. The second-order valence-electron chi connectivity index (χ2n) is 11.0. The molecule has 0 amide bonds. The van der Waals surface area contributed by atoms with Crippen molar-refractivity contribution >= 4 is 47.6 Å². The van der Waals surface area contributed by atoms with Crippen LogP contribution in [0.2, 0.25) is 13.1 Å². The summed E-state index contributed by atoms with van der Waals surface area (Å²) in [6.45, 7) is 10.8. The minimum atomic E-state index is -1.91. The van der Waals surface area contributed by atoms with Crippen molar-refractivity contribution in [2.75, 3.05) is 16.9 Å². The molecule has 0 bridgehead atoms. The SMILES string of the molecule is CO[Si](C)(C)c1ccc(N(c2ccc(C)cc2)c2cccc(N(c3ccc(C)cc3)c3ccc(C)cc3)c2)cc1. The van der Waals surface area contributed by atoms with Crippen LogP contribution in [0.5, 0.6) is 0 Å². The van der Waals surface area contributed by atoms with Crippen LogP contribution >= 0.6 is 0 Å². The van der Waals surface area contributed by atoms with Crippen molar-refractivity contribution in [3.63, 3.8) is 0 Å². The molecular weight excluding hydrogens is 504 g/mol. The zero-order valence-electron chi connectivity index (χ0n) is 24.3. The maximum absolute atomic E-state index is 5.87. The largest absolute Gasteiger partial charge is 0.416 e. The van der Waals surface area contributed by atoms with Crippen LogP contribution in [-0.4, -0.2) is 15.4 Å². The molecule has 40 heavy (non-hydrogen) atoms. The van der Waals surface area contributed by atoms with Gasteiger partial charge in [0.1, 0.15) is 0 Å². The Morgan fingerprint density at radius 3 is 1.10 bits per heavy atom. The van der Waals surface area contributed by atoms with Gasteiger partial charge in [0, 0.05) is 41.2 Å². The van der Waals surface area contributed by atoms with Gasteiger partial charge < -0.3 is 14.2 Å². The molecule has 0 N–H and O–H groups in total. The van der Waals surface area contributed by atoms with Crippen molar-refractivity contribution in [3.8, 4) is 0 Å². The minimum absolute atomic E-state index is 1.10. The Labute approximate surface area is 240 Å². The smallest absolute Gasteiger partial charge is 0.217 e. The minimum Gasteiger partial charge on any atom is -0.416 e. The average Bonchev–Trinajstić information content (AvgIpc) is 2.97. The summed E-state index contributed by atoms with van der Waals surface area (Å²) in [7, 11) is -0.0918. The normalized spacial score (nSPS) is 11.3. The molecule has 0 aliphatic heterocycles. The highest BCUT2D eigenvalue weighted by Crippen LogP contribution is 2.40. The van der Waals surface area contributed by atoms with Gasteiger partial charge in [-0.15, -0.1) is 0 Å². The predicted molar refractivity (Wildman–Crippen MR) is 174 cm³/mol. The number of aryl methyl sites for hydroxylation is 3. The van der Waals surface area contributed by atoms with Crippen molar-refractivity contribution in [1.82, 2.24) is 0 Å². The number of hydrogen-bond donors (Lipinski definition) is 0. The first-order valence-electron chi connectivity index (χ1n) is 13.8. The average molecular weight is 543 g/mol. The highest BCUT2D eigenvalue weighted by Gasteiger charge is 2.24. The molecule has 0 saturated heterocycles. The van der Waals surface area contributed by atoms with Crippen LogP contribution in [0.25, 0.3) is 0 Å². The van der Waals surface area contributed by atoms with E-state index in [1.165, 1.54) is 21.9 Å². The summed E-state index contributed by atoms with van der Waals surface area (Å²) in [6, 6.07) is 43.9. The van der Waals surface area contributed by atoms with E-state index < -0.39 is 8.32 Å². The third kappa shape index (κ3) is 5.89. The van der Waals surface area contributed by atoms with Gasteiger partial charge in [-0.3, -0.25) is 0 Å². The lowest BCUT2D eigenvalue weighted by Crippen LogP contribution is -2.43. The van der Waals surface area contributed by atoms with Crippen molar-refractivity contribution in [1.29, 1.82) is 0 Å². The molecule has 0 aliphatic rings. The molecule has 0 aromatic heterocycles. The van der Waals surface area contributed by atoms with Crippen LogP contribution in [0.1, 0.15) is 16.7 Å². The second kappa shape index (κ2) is 11.5. The third-order valence-corrected chi connectivity index (χ3v) is 10.3. The van der Waals surface area contributed by atoms with Crippen molar-refractivity contribution < 1.29 is 4.43 Å². The van der Waals surface area contributed by atoms with Crippen LogP contribution in [0.3, 0.4) is 0 Å². The van der Waals surface area contributed by atoms with E-state index in [0.717, 1.165) is 34.1 Å². The fourth-order valence-electron chi connectivity index (χ4n) is 4.88. The van der Waals surface area contributed by atoms with Crippen LogP contribution in [0.15, 0.2) is 121 Å². The summed E-state index contributed by atoms with van der Waals surface area (Å²) in [5, 5.41) is 1.28. The monoisotopic (exact) mass is 542 g/mol. The molecule has 0 spiro atoms. The number of benzene rings is 5.